The number of nitro groups is 1. The summed E-state index contributed by atoms with van der Waals surface area (Å²) in [5, 5.41) is 17.4. The van der Waals surface area contributed by atoms with E-state index >= 15 is 0 Å². The molecule has 2 aromatic rings. The summed E-state index contributed by atoms with van der Waals surface area (Å²) in [5.74, 6) is -0.440. The van der Waals surface area contributed by atoms with Crippen LogP contribution in [-0.2, 0) is 4.79 Å². The van der Waals surface area contributed by atoms with Crippen molar-refractivity contribution in [3.63, 3.8) is 0 Å². The van der Waals surface area contributed by atoms with Crippen LogP contribution in [0.2, 0.25) is 0 Å². The lowest BCUT2D eigenvalue weighted by Gasteiger charge is -2.08. The first-order chi connectivity index (χ1) is 13.3. The molecule has 28 heavy (non-hydrogen) atoms. The summed E-state index contributed by atoms with van der Waals surface area (Å²) < 4.78 is 0. The molecule has 2 N–H and O–H groups in total. The molecule has 8 nitrogen and oxygen atoms in total. The molecule has 0 spiro atoms. The number of non-ortho nitro benzene ring substituents is 1. The Morgan fingerprint density at radius 2 is 1.82 bits per heavy atom. The SMILES string of the molecule is C/C(CC(=O)Nc1ccc(C(C)C)cc1)=N\NC(=O)c1cccc([N+](=O)[O-])c1. The van der Waals surface area contributed by atoms with E-state index in [0.29, 0.717) is 17.3 Å². The van der Waals surface area contributed by atoms with Crippen molar-refractivity contribution < 1.29 is 14.5 Å². The van der Waals surface area contributed by atoms with Gasteiger partial charge in [0.2, 0.25) is 5.91 Å². The van der Waals surface area contributed by atoms with E-state index in [2.05, 4.69) is 29.7 Å². The highest BCUT2D eigenvalue weighted by Crippen LogP contribution is 2.17. The lowest BCUT2D eigenvalue weighted by atomic mass is 10.0. The number of amides is 2. The lowest BCUT2D eigenvalue weighted by Crippen LogP contribution is -2.21. The van der Waals surface area contributed by atoms with Crippen molar-refractivity contribution >= 4 is 28.9 Å². The van der Waals surface area contributed by atoms with Crippen molar-refractivity contribution in [3.05, 3.63) is 69.8 Å². The minimum Gasteiger partial charge on any atom is -0.326 e. The molecule has 0 fully saturated rings. The molecule has 2 rings (SSSR count). The second-order valence-electron chi connectivity index (χ2n) is 6.60. The number of nitrogens with zero attached hydrogens (tertiary/aromatic N) is 2. The summed E-state index contributed by atoms with van der Waals surface area (Å²) in [5.41, 5.74) is 4.49. The zero-order valence-electron chi connectivity index (χ0n) is 15.9. The van der Waals surface area contributed by atoms with Crippen molar-refractivity contribution in [2.45, 2.75) is 33.1 Å². The van der Waals surface area contributed by atoms with E-state index < -0.39 is 10.8 Å². The van der Waals surface area contributed by atoms with Crippen LogP contribution in [0, 0.1) is 10.1 Å². The van der Waals surface area contributed by atoms with Gasteiger partial charge in [0.15, 0.2) is 0 Å². The third kappa shape index (κ3) is 6.01. The zero-order valence-corrected chi connectivity index (χ0v) is 15.9. The summed E-state index contributed by atoms with van der Waals surface area (Å²) in [6.45, 7) is 5.79. The quantitative estimate of drug-likeness (QED) is 0.430. The van der Waals surface area contributed by atoms with Crippen molar-refractivity contribution in [2.24, 2.45) is 5.10 Å². The first-order valence-electron chi connectivity index (χ1n) is 8.74. The van der Waals surface area contributed by atoms with Gasteiger partial charge in [0.1, 0.15) is 0 Å². The predicted molar refractivity (Wildman–Crippen MR) is 107 cm³/mol. The summed E-state index contributed by atoms with van der Waals surface area (Å²) in [6, 6.07) is 12.9. The summed E-state index contributed by atoms with van der Waals surface area (Å²) in [4.78, 5) is 34.3. The first-order valence-corrected chi connectivity index (χ1v) is 8.74. The number of anilines is 1. The largest absolute Gasteiger partial charge is 0.326 e. The topological polar surface area (TPSA) is 114 Å². The Hall–Kier alpha value is -3.55. The first kappa shape index (κ1) is 20.8. The Bertz CT molecular complexity index is 905. The molecule has 0 aromatic heterocycles. The second-order valence-corrected chi connectivity index (χ2v) is 6.60. The highest BCUT2D eigenvalue weighted by molar-refractivity contribution is 6.06. The van der Waals surface area contributed by atoms with Crippen LogP contribution in [0.1, 0.15) is 49.0 Å². The van der Waals surface area contributed by atoms with Crippen LogP contribution in [0.3, 0.4) is 0 Å². The molecule has 2 amide bonds. The van der Waals surface area contributed by atoms with Gasteiger partial charge in [-0.3, -0.25) is 19.7 Å². The van der Waals surface area contributed by atoms with Gasteiger partial charge >= 0.3 is 0 Å². The smallest absolute Gasteiger partial charge is 0.271 e. The standard InChI is InChI=1S/C20H22N4O4/c1-13(2)15-7-9-17(10-8-15)21-19(25)11-14(3)22-23-20(26)16-5-4-6-18(12-16)24(27)28/h4-10,12-13H,11H2,1-3H3,(H,21,25)(H,23,26)/b22-14+. The maximum atomic E-state index is 12.1. The maximum absolute atomic E-state index is 12.1. The maximum Gasteiger partial charge on any atom is 0.271 e. The van der Waals surface area contributed by atoms with Crippen LogP contribution in [0.15, 0.2) is 53.6 Å². The molecule has 146 valence electrons. The molecule has 0 aliphatic rings. The number of carbonyl (C=O) groups is 2. The van der Waals surface area contributed by atoms with Gasteiger partial charge in [0, 0.05) is 29.1 Å². The van der Waals surface area contributed by atoms with Gasteiger partial charge in [-0.1, -0.05) is 32.0 Å². The van der Waals surface area contributed by atoms with Gasteiger partial charge < -0.3 is 5.32 Å². The molecule has 0 unspecified atom stereocenters. The molecule has 0 radical (unpaired) electrons. The van der Waals surface area contributed by atoms with Gasteiger partial charge in [-0.05, 0) is 36.6 Å². The van der Waals surface area contributed by atoms with E-state index in [1.807, 2.05) is 24.3 Å². The Kier molecular flexibility index (Phi) is 6.97. The number of carbonyl (C=O) groups excluding carboxylic acids is 2. The Morgan fingerprint density at radius 1 is 1.14 bits per heavy atom. The molecule has 0 bridgehead atoms. The van der Waals surface area contributed by atoms with E-state index in [4.69, 9.17) is 0 Å². The Balaban J connectivity index is 1.90. The molecule has 0 heterocycles. The third-order valence-electron chi connectivity index (χ3n) is 3.94. The van der Waals surface area contributed by atoms with Crippen LogP contribution >= 0.6 is 0 Å². The average Bonchev–Trinajstić information content (AvgIpc) is 2.66. The monoisotopic (exact) mass is 382 g/mol. The molecule has 0 saturated carbocycles. The fourth-order valence-corrected chi connectivity index (χ4v) is 2.40. The summed E-state index contributed by atoms with van der Waals surface area (Å²) in [6.07, 6.45) is 0.00114. The number of nitro benzene ring substituents is 1. The normalized spacial score (nSPS) is 11.2. The third-order valence-corrected chi connectivity index (χ3v) is 3.94. The molecule has 0 aliphatic heterocycles. The Morgan fingerprint density at radius 3 is 2.43 bits per heavy atom. The number of hydrogen-bond acceptors (Lipinski definition) is 5. The van der Waals surface area contributed by atoms with Crippen LogP contribution < -0.4 is 10.7 Å². The minimum atomic E-state index is -0.590. The number of nitrogens with one attached hydrogen (secondary N) is 2. The molecular formula is C20H22N4O4. The van der Waals surface area contributed by atoms with E-state index in [-0.39, 0.29) is 23.6 Å². The van der Waals surface area contributed by atoms with E-state index in [1.54, 1.807) is 6.92 Å². The molecule has 0 aliphatic carbocycles. The van der Waals surface area contributed by atoms with Gasteiger partial charge in [0.25, 0.3) is 11.6 Å². The van der Waals surface area contributed by atoms with E-state index in [1.165, 1.54) is 23.8 Å². The van der Waals surface area contributed by atoms with Crippen molar-refractivity contribution in [3.8, 4) is 0 Å². The van der Waals surface area contributed by atoms with Crippen LogP contribution in [-0.4, -0.2) is 22.4 Å². The number of hydrogen-bond donors (Lipinski definition) is 2. The van der Waals surface area contributed by atoms with Gasteiger partial charge in [-0.15, -0.1) is 0 Å². The van der Waals surface area contributed by atoms with Gasteiger partial charge in [-0.25, -0.2) is 5.43 Å². The summed E-state index contributed by atoms with van der Waals surface area (Å²) in [7, 11) is 0. The van der Waals surface area contributed by atoms with E-state index in [0.717, 1.165) is 6.07 Å². The minimum absolute atomic E-state index is 0.00114. The highest BCUT2D eigenvalue weighted by atomic mass is 16.6. The molecule has 0 saturated heterocycles. The van der Waals surface area contributed by atoms with Crippen molar-refractivity contribution in [1.29, 1.82) is 0 Å². The fourth-order valence-electron chi connectivity index (χ4n) is 2.40. The van der Waals surface area contributed by atoms with Gasteiger partial charge in [-0.2, -0.15) is 5.10 Å². The zero-order chi connectivity index (χ0) is 20.7. The lowest BCUT2D eigenvalue weighted by molar-refractivity contribution is -0.384. The summed E-state index contributed by atoms with van der Waals surface area (Å²) >= 11 is 0. The molecule has 2 aromatic carbocycles. The van der Waals surface area contributed by atoms with Crippen LogP contribution in [0.4, 0.5) is 11.4 Å². The molecular weight excluding hydrogens is 360 g/mol. The average molecular weight is 382 g/mol. The predicted octanol–water partition coefficient (Wildman–Crippen LogP) is 3.85. The van der Waals surface area contributed by atoms with Crippen LogP contribution in [0.25, 0.3) is 0 Å². The van der Waals surface area contributed by atoms with Gasteiger partial charge in [0.05, 0.1) is 11.3 Å². The van der Waals surface area contributed by atoms with Crippen molar-refractivity contribution in [1.82, 2.24) is 5.43 Å². The van der Waals surface area contributed by atoms with Crippen molar-refractivity contribution in [2.75, 3.05) is 5.32 Å². The Labute approximate surface area is 162 Å². The fraction of sp³-hybridized carbons (Fsp3) is 0.250. The molecule has 0 atom stereocenters. The number of hydrazone groups is 1. The second kappa shape index (κ2) is 9.40. The number of rotatable bonds is 7. The van der Waals surface area contributed by atoms with E-state index in [9.17, 15) is 19.7 Å². The van der Waals surface area contributed by atoms with Crippen LogP contribution in [0.5, 0.6) is 0 Å². The number of benzene rings is 2. The highest BCUT2D eigenvalue weighted by Gasteiger charge is 2.11. The molecule has 8 heteroatoms.